The minimum absolute atomic E-state index is 0.0704. The number of nitrogens with zero attached hydrogens (tertiary/aromatic N) is 2. The van der Waals surface area contributed by atoms with Crippen LogP contribution in [0.15, 0.2) is 32.7 Å². The lowest BCUT2D eigenvalue weighted by Gasteiger charge is -2.02. The Morgan fingerprint density at radius 1 is 1.44 bits per heavy atom. The number of carboxylic acid groups (broad SMARTS) is 1. The van der Waals surface area contributed by atoms with Gasteiger partial charge in [-0.2, -0.15) is 0 Å². The van der Waals surface area contributed by atoms with Crippen LogP contribution < -0.4 is 0 Å². The summed E-state index contributed by atoms with van der Waals surface area (Å²) in [4.78, 5) is 19.2. The number of rotatable bonds is 4. The molecule has 0 atom stereocenters. The van der Waals surface area contributed by atoms with Crippen LogP contribution in [0.4, 0.5) is 0 Å². The molecule has 18 heavy (non-hydrogen) atoms. The fourth-order valence-electron chi connectivity index (χ4n) is 1.43. The Morgan fingerprint density at radius 2 is 2.22 bits per heavy atom. The maximum absolute atomic E-state index is 10.7. The highest BCUT2D eigenvalue weighted by atomic mass is 32.2. The van der Waals surface area contributed by atoms with Crippen molar-refractivity contribution in [2.45, 2.75) is 30.4 Å². The Hall–Kier alpha value is -1.82. The summed E-state index contributed by atoms with van der Waals surface area (Å²) in [7, 11) is 0. The van der Waals surface area contributed by atoms with E-state index in [0.717, 1.165) is 17.1 Å². The van der Waals surface area contributed by atoms with E-state index < -0.39 is 5.97 Å². The summed E-state index contributed by atoms with van der Waals surface area (Å²) < 4.78 is 5.17. The maximum Gasteiger partial charge on any atom is 0.371 e. The molecule has 2 heterocycles. The Bertz CT molecular complexity index is 580. The molecule has 0 unspecified atom stereocenters. The molecule has 0 saturated carbocycles. The highest BCUT2D eigenvalue weighted by Gasteiger charge is 2.11. The van der Waals surface area contributed by atoms with Crippen molar-refractivity contribution in [3.05, 3.63) is 35.5 Å². The van der Waals surface area contributed by atoms with E-state index in [0.29, 0.717) is 10.9 Å². The average molecular weight is 264 g/mol. The quantitative estimate of drug-likeness (QED) is 0.856. The van der Waals surface area contributed by atoms with Crippen LogP contribution in [0.3, 0.4) is 0 Å². The molecular weight excluding hydrogens is 252 g/mol. The first-order chi connectivity index (χ1) is 8.58. The molecule has 94 valence electrons. The summed E-state index contributed by atoms with van der Waals surface area (Å²) >= 11 is 1.29. The molecule has 0 aliphatic heterocycles. The molecule has 2 aromatic rings. The lowest BCUT2D eigenvalue weighted by molar-refractivity contribution is 0.0656. The molecule has 0 aliphatic carbocycles. The molecule has 6 heteroatoms. The van der Waals surface area contributed by atoms with E-state index in [1.807, 2.05) is 19.9 Å². The van der Waals surface area contributed by atoms with Gasteiger partial charge in [-0.3, -0.25) is 0 Å². The van der Waals surface area contributed by atoms with E-state index in [9.17, 15) is 4.79 Å². The number of furan rings is 1. The van der Waals surface area contributed by atoms with Gasteiger partial charge in [-0.25, -0.2) is 14.8 Å². The summed E-state index contributed by atoms with van der Waals surface area (Å²) in [6.07, 6.45) is 0.829. The first-order valence-electron chi connectivity index (χ1n) is 5.44. The standard InChI is InChI=1S/C12H12N2O3S/c1-3-8-6-10(14-7(2)13-8)18-11-5-4-9(17-11)12(15)16/h4-6H,3H2,1-2H3,(H,15,16). The second-order valence-corrected chi connectivity index (χ2v) is 4.65. The molecule has 2 rings (SSSR count). The average Bonchev–Trinajstić information content (AvgIpc) is 2.76. The molecule has 0 aromatic carbocycles. The largest absolute Gasteiger partial charge is 0.475 e. The molecule has 2 aromatic heterocycles. The van der Waals surface area contributed by atoms with Gasteiger partial charge in [0, 0.05) is 5.69 Å². The predicted molar refractivity (Wildman–Crippen MR) is 65.9 cm³/mol. The second kappa shape index (κ2) is 5.22. The molecule has 0 aliphatic rings. The van der Waals surface area contributed by atoms with Gasteiger partial charge >= 0.3 is 5.97 Å². The van der Waals surface area contributed by atoms with Crippen LogP contribution in [0.1, 0.15) is 29.0 Å². The van der Waals surface area contributed by atoms with Crippen molar-refractivity contribution in [3.8, 4) is 0 Å². The predicted octanol–water partition coefficient (Wildman–Crippen LogP) is 2.79. The van der Waals surface area contributed by atoms with Crippen molar-refractivity contribution < 1.29 is 14.3 Å². The summed E-state index contributed by atoms with van der Waals surface area (Å²) in [6, 6.07) is 4.93. The van der Waals surface area contributed by atoms with E-state index >= 15 is 0 Å². The number of aromatic carboxylic acids is 1. The van der Waals surface area contributed by atoms with Gasteiger partial charge in [-0.15, -0.1) is 0 Å². The topological polar surface area (TPSA) is 76.2 Å². The number of carbonyl (C=O) groups is 1. The van der Waals surface area contributed by atoms with Crippen molar-refractivity contribution in [2.24, 2.45) is 0 Å². The van der Waals surface area contributed by atoms with Crippen molar-refractivity contribution in [1.82, 2.24) is 9.97 Å². The first-order valence-corrected chi connectivity index (χ1v) is 6.25. The van der Waals surface area contributed by atoms with Crippen molar-refractivity contribution in [2.75, 3.05) is 0 Å². The number of aromatic nitrogens is 2. The Labute approximate surface area is 108 Å². The SMILES string of the molecule is CCc1cc(Sc2ccc(C(=O)O)o2)nc(C)n1. The smallest absolute Gasteiger partial charge is 0.371 e. The molecule has 0 fully saturated rings. The monoisotopic (exact) mass is 264 g/mol. The third kappa shape index (κ3) is 2.89. The van der Waals surface area contributed by atoms with Crippen molar-refractivity contribution in [3.63, 3.8) is 0 Å². The zero-order chi connectivity index (χ0) is 13.1. The highest BCUT2D eigenvalue weighted by Crippen LogP contribution is 2.28. The molecular formula is C12H12N2O3S. The number of aryl methyl sites for hydroxylation is 2. The van der Waals surface area contributed by atoms with Crippen LogP contribution >= 0.6 is 11.8 Å². The number of hydrogen-bond donors (Lipinski definition) is 1. The summed E-state index contributed by atoms with van der Waals surface area (Å²) in [5, 5.41) is 10.0. The number of hydrogen-bond acceptors (Lipinski definition) is 5. The fraction of sp³-hybridized carbons (Fsp3) is 0.250. The summed E-state index contributed by atoms with van der Waals surface area (Å²) in [6.45, 7) is 3.85. The highest BCUT2D eigenvalue weighted by molar-refractivity contribution is 7.99. The Morgan fingerprint density at radius 3 is 2.83 bits per heavy atom. The summed E-state index contributed by atoms with van der Waals surface area (Å²) in [5.74, 6) is -0.448. The van der Waals surface area contributed by atoms with Gasteiger partial charge in [-0.05, 0) is 43.3 Å². The van der Waals surface area contributed by atoms with Crippen molar-refractivity contribution >= 4 is 17.7 Å². The van der Waals surface area contributed by atoms with Crippen molar-refractivity contribution in [1.29, 1.82) is 0 Å². The van der Waals surface area contributed by atoms with Crippen LogP contribution in [-0.4, -0.2) is 21.0 Å². The first kappa shape index (κ1) is 12.6. The zero-order valence-corrected chi connectivity index (χ0v) is 10.8. The second-order valence-electron chi connectivity index (χ2n) is 3.62. The minimum atomic E-state index is -1.07. The molecule has 0 amide bonds. The Balaban J connectivity index is 2.22. The van der Waals surface area contributed by atoms with E-state index in [1.54, 1.807) is 6.07 Å². The lowest BCUT2D eigenvalue weighted by Crippen LogP contribution is -1.95. The minimum Gasteiger partial charge on any atom is -0.475 e. The van der Waals surface area contributed by atoms with Gasteiger partial charge in [0.1, 0.15) is 10.9 Å². The molecule has 0 bridgehead atoms. The maximum atomic E-state index is 10.7. The molecule has 5 nitrogen and oxygen atoms in total. The zero-order valence-electron chi connectivity index (χ0n) is 10.0. The van der Waals surface area contributed by atoms with Crippen LogP contribution in [0.25, 0.3) is 0 Å². The van der Waals surface area contributed by atoms with Gasteiger partial charge in [0.25, 0.3) is 0 Å². The molecule has 0 spiro atoms. The van der Waals surface area contributed by atoms with Gasteiger partial charge in [-0.1, -0.05) is 6.92 Å². The van der Waals surface area contributed by atoms with E-state index in [4.69, 9.17) is 9.52 Å². The van der Waals surface area contributed by atoms with E-state index in [1.165, 1.54) is 17.8 Å². The normalized spacial score (nSPS) is 10.6. The lowest BCUT2D eigenvalue weighted by atomic mass is 10.3. The molecule has 0 saturated heterocycles. The molecule has 1 N–H and O–H groups in total. The third-order valence-electron chi connectivity index (χ3n) is 2.23. The van der Waals surface area contributed by atoms with Crippen LogP contribution in [-0.2, 0) is 6.42 Å². The summed E-state index contributed by atoms with van der Waals surface area (Å²) in [5.41, 5.74) is 0.954. The van der Waals surface area contributed by atoms with Crippen LogP contribution in [0.5, 0.6) is 0 Å². The van der Waals surface area contributed by atoms with E-state index in [2.05, 4.69) is 9.97 Å². The van der Waals surface area contributed by atoms with Gasteiger partial charge in [0.2, 0.25) is 5.76 Å². The fourth-order valence-corrected chi connectivity index (χ4v) is 2.27. The van der Waals surface area contributed by atoms with E-state index in [-0.39, 0.29) is 5.76 Å². The third-order valence-corrected chi connectivity index (χ3v) is 3.07. The van der Waals surface area contributed by atoms with Gasteiger partial charge in [0.05, 0.1) is 0 Å². The van der Waals surface area contributed by atoms with Crippen LogP contribution in [0, 0.1) is 6.92 Å². The Kier molecular flexibility index (Phi) is 3.66. The van der Waals surface area contributed by atoms with Crippen LogP contribution in [0.2, 0.25) is 0 Å². The van der Waals surface area contributed by atoms with Gasteiger partial charge < -0.3 is 9.52 Å². The number of carboxylic acids is 1. The van der Waals surface area contributed by atoms with Gasteiger partial charge in [0.15, 0.2) is 5.09 Å². The molecule has 0 radical (unpaired) electrons.